The number of hydrogen-bond acceptors (Lipinski definition) is 7. The van der Waals surface area contributed by atoms with E-state index in [1.54, 1.807) is 37.3 Å². The highest BCUT2D eigenvalue weighted by atomic mass is 35.5. The van der Waals surface area contributed by atoms with E-state index >= 15 is 0 Å². The van der Waals surface area contributed by atoms with Crippen LogP contribution in [-0.4, -0.2) is 36.8 Å². The molecule has 3 N–H and O–H groups in total. The zero-order valence-electron chi connectivity index (χ0n) is 16.7. The summed E-state index contributed by atoms with van der Waals surface area (Å²) < 4.78 is 31.6. The van der Waals surface area contributed by atoms with E-state index in [4.69, 9.17) is 33.7 Å². The number of nitrogens with zero attached hydrogens (tertiary/aromatic N) is 2. The lowest BCUT2D eigenvalue weighted by molar-refractivity contribution is 0.0523. The number of nitrogens with one attached hydrogen (secondary N) is 1. The summed E-state index contributed by atoms with van der Waals surface area (Å²) in [5.41, 5.74) is 6.18. The van der Waals surface area contributed by atoms with Gasteiger partial charge in [0.25, 0.3) is 0 Å². The average Bonchev–Trinajstić information content (AvgIpc) is 3.10. The summed E-state index contributed by atoms with van der Waals surface area (Å²) in [4.78, 5) is 25.2. The molecule has 0 aliphatic rings. The SMILES string of the molecule is CCOC(=O)c1c(S(=O)(=O)Cc2ccccc2)nn(C(=O)Nc2ccc(Cl)c(Cl)c2)c1N. The van der Waals surface area contributed by atoms with Crippen LogP contribution in [0.15, 0.2) is 53.6 Å². The van der Waals surface area contributed by atoms with Gasteiger partial charge in [-0.15, -0.1) is 5.10 Å². The number of nitrogen functional groups attached to an aromatic ring is 1. The Balaban J connectivity index is 2.03. The Morgan fingerprint density at radius 1 is 1.12 bits per heavy atom. The fraction of sp³-hybridized carbons (Fsp3) is 0.150. The maximum Gasteiger partial charge on any atom is 0.348 e. The van der Waals surface area contributed by atoms with Gasteiger partial charge in [0.1, 0.15) is 11.4 Å². The molecular formula is C20H18Cl2N4O5S. The average molecular weight is 497 g/mol. The molecule has 0 spiro atoms. The van der Waals surface area contributed by atoms with Crippen LogP contribution in [0.25, 0.3) is 0 Å². The molecule has 0 bridgehead atoms. The smallest absolute Gasteiger partial charge is 0.348 e. The van der Waals surface area contributed by atoms with E-state index in [0.717, 1.165) is 0 Å². The number of amides is 1. The lowest BCUT2D eigenvalue weighted by Gasteiger charge is -2.07. The Kier molecular flexibility index (Phi) is 7.07. The summed E-state index contributed by atoms with van der Waals surface area (Å²) in [5, 5.41) is 6.14. The summed E-state index contributed by atoms with van der Waals surface area (Å²) in [6, 6.07) is 11.7. The molecule has 2 aromatic carbocycles. The number of sulfone groups is 1. The van der Waals surface area contributed by atoms with Crippen molar-refractivity contribution in [2.45, 2.75) is 17.7 Å². The molecule has 9 nitrogen and oxygen atoms in total. The van der Waals surface area contributed by atoms with Gasteiger partial charge in [-0.05, 0) is 30.7 Å². The van der Waals surface area contributed by atoms with Crippen LogP contribution in [0, 0.1) is 0 Å². The summed E-state index contributed by atoms with van der Waals surface area (Å²) in [5.74, 6) is -1.94. The van der Waals surface area contributed by atoms with Gasteiger partial charge in [-0.25, -0.2) is 18.0 Å². The van der Waals surface area contributed by atoms with Gasteiger partial charge in [-0.3, -0.25) is 0 Å². The summed E-state index contributed by atoms with van der Waals surface area (Å²) >= 11 is 11.8. The summed E-state index contributed by atoms with van der Waals surface area (Å²) in [7, 11) is -4.16. The first-order valence-electron chi connectivity index (χ1n) is 9.22. The van der Waals surface area contributed by atoms with Crippen molar-refractivity contribution in [1.29, 1.82) is 0 Å². The monoisotopic (exact) mass is 496 g/mol. The van der Waals surface area contributed by atoms with E-state index < -0.39 is 44.0 Å². The second-order valence-corrected chi connectivity index (χ2v) is 9.22. The van der Waals surface area contributed by atoms with Crippen molar-refractivity contribution in [3.8, 4) is 0 Å². The van der Waals surface area contributed by atoms with Crippen LogP contribution in [0.3, 0.4) is 0 Å². The quantitative estimate of drug-likeness (QED) is 0.492. The number of anilines is 2. The number of esters is 1. The molecule has 0 fully saturated rings. The van der Waals surface area contributed by atoms with Gasteiger partial charge in [-0.2, -0.15) is 4.68 Å². The lowest BCUT2D eigenvalue weighted by Crippen LogP contribution is -2.23. The van der Waals surface area contributed by atoms with Crippen molar-refractivity contribution >= 4 is 56.5 Å². The molecule has 0 saturated carbocycles. The van der Waals surface area contributed by atoms with Crippen LogP contribution in [-0.2, 0) is 20.3 Å². The Labute approximate surface area is 194 Å². The lowest BCUT2D eigenvalue weighted by atomic mass is 10.2. The molecule has 3 aromatic rings. The molecule has 32 heavy (non-hydrogen) atoms. The highest BCUT2D eigenvalue weighted by molar-refractivity contribution is 7.90. The second kappa shape index (κ2) is 9.60. The number of nitrogens with two attached hydrogens (primary N) is 1. The minimum absolute atomic E-state index is 0.0307. The normalized spacial score (nSPS) is 11.2. The maximum atomic E-state index is 13.1. The van der Waals surface area contributed by atoms with E-state index in [2.05, 4.69) is 10.4 Å². The predicted octanol–water partition coefficient (Wildman–Crippen LogP) is 4.00. The third-order valence-corrected chi connectivity index (χ3v) is 6.55. The standard InChI is InChI=1S/C20H18Cl2N4O5S/c1-2-31-19(27)16-17(23)26(20(28)24-13-8-9-14(21)15(22)10-13)25-18(16)32(29,30)11-12-6-4-3-5-7-12/h3-10H,2,11,23H2,1H3,(H,24,28). The minimum atomic E-state index is -4.16. The molecule has 0 aliphatic carbocycles. The van der Waals surface area contributed by atoms with E-state index in [1.807, 2.05) is 0 Å². The largest absolute Gasteiger partial charge is 0.462 e. The minimum Gasteiger partial charge on any atom is -0.462 e. The van der Waals surface area contributed by atoms with Crippen molar-refractivity contribution in [3.05, 3.63) is 69.7 Å². The Morgan fingerprint density at radius 3 is 2.44 bits per heavy atom. The van der Waals surface area contributed by atoms with Crippen molar-refractivity contribution in [1.82, 2.24) is 9.78 Å². The highest BCUT2D eigenvalue weighted by Crippen LogP contribution is 2.28. The summed E-state index contributed by atoms with van der Waals surface area (Å²) in [6.45, 7) is 1.52. The van der Waals surface area contributed by atoms with Gasteiger partial charge in [0.15, 0.2) is 5.03 Å². The molecule has 1 amide bonds. The molecule has 0 atom stereocenters. The number of hydrogen-bond donors (Lipinski definition) is 2. The first-order valence-corrected chi connectivity index (χ1v) is 11.6. The first-order chi connectivity index (χ1) is 15.1. The molecule has 0 aliphatic heterocycles. The van der Waals surface area contributed by atoms with Gasteiger partial charge in [0.05, 0.1) is 22.4 Å². The molecule has 168 valence electrons. The number of aromatic nitrogens is 2. The molecule has 3 rings (SSSR count). The fourth-order valence-corrected chi connectivity index (χ4v) is 4.56. The zero-order valence-corrected chi connectivity index (χ0v) is 19.0. The van der Waals surface area contributed by atoms with E-state index in [0.29, 0.717) is 10.2 Å². The van der Waals surface area contributed by atoms with Gasteiger partial charge < -0.3 is 15.8 Å². The molecule has 0 saturated heterocycles. The Morgan fingerprint density at radius 2 is 1.81 bits per heavy atom. The zero-order chi connectivity index (χ0) is 23.5. The number of ether oxygens (including phenoxy) is 1. The van der Waals surface area contributed by atoms with Crippen LogP contribution in [0.5, 0.6) is 0 Å². The molecular weight excluding hydrogens is 479 g/mol. The van der Waals surface area contributed by atoms with Crippen molar-refractivity contribution < 1.29 is 22.7 Å². The number of carbonyl (C=O) groups excluding carboxylic acids is 2. The third-order valence-electron chi connectivity index (χ3n) is 4.23. The molecule has 1 aromatic heterocycles. The van der Waals surface area contributed by atoms with Crippen LogP contribution in [0.1, 0.15) is 22.8 Å². The third kappa shape index (κ3) is 5.04. The Hall–Kier alpha value is -3.08. The van der Waals surface area contributed by atoms with Crippen molar-refractivity contribution in [3.63, 3.8) is 0 Å². The molecule has 0 unspecified atom stereocenters. The maximum absolute atomic E-state index is 13.1. The van der Waals surface area contributed by atoms with Crippen molar-refractivity contribution in [2.24, 2.45) is 0 Å². The second-order valence-electron chi connectivity index (χ2n) is 6.50. The predicted molar refractivity (Wildman–Crippen MR) is 121 cm³/mol. The highest BCUT2D eigenvalue weighted by Gasteiger charge is 2.33. The van der Waals surface area contributed by atoms with Crippen LogP contribution in [0.2, 0.25) is 10.0 Å². The van der Waals surface area contributed by atoms with Gasteiger partial charge in [0, 0.05) is 5.69 Å². The van der Waals surface area contributed by atoms with E-state index in [1.165, 1.54) is 18.2 Å². The van der Waals surface area contributed by atoms with Crippen molar-refractivity contribution in [2.75, 3.05) is 17.7 Å². The molecule has 1 heterocycles. The van der Waals surface area contributed by atoms with E-state index in [9.17, 15) is 18.0 Å². The fourth-order valence-electron chi connectivity index (χ4n) is 2.79. The molecule has 12 heteroatoms. The van der Waals surface area contributed by atoms with Crippen LogP contribution < -0.4 is 11.1 Å². The number of benzene rings is 2. The van der Waals surface area contributed by atoms with Crippen LogP contribution in [0.4, 0.5) is 16.3 Å². The summed E-state index contributed by atoms with van der Waals surface area (Å²) in [6.07, 6.45) is 0. The topological polar surface area (TPSA) is 133 Å². The number of carbonyl (C=O) groups is 2. The number of halogens is 2. The molecule has 0 radical (unpaired) electrons. The van der Waals surface area contributed by atoms with Crippen LogP contribution >= 0.6 is 23.2 Å². The Bertz CT molecular complexity index is 1280. The van der Waals surface area contributed by atoms with E-state index in [-0.39, 0.29) is 22.3 Å². The first kappa shape index (κ1) is 23.6. The number of rotatable bonds is 6. The van der Waals surface area contributed by atoms with Gasteiger partial charge in [-0.1, -0.05) is 53.5 Å². The van der Waals surface area contributed by atoms with Gasteiger partial charge >= 0.3 is 12.0 Å². The van der Waals surface area contributed by atoms with Gasteiger partial charge in [0.2, 0.25) is 9.84 Å².